The van der Waals surface area contributed by atoms with Gasteiger partial charge in [0.05, 0.1) is 34.9 Å². The second-order valence-electron chi connectivity index (χ2n) is 8.46. The van der Waals surface area contributed by atoms with E-state index in [2.05, 4.69) is 10.1 Å². The van der Waals surface area contributed by atoms with Crippen molar-refractivity contribution in [1.29, 1.82) is 0 Å². The minimum Gasteiger partial charge on any atom is -0.340 e. The first kappa shape index (κ1) is 21.9. The SMILES string of the molecule is Cc1nc(C(C)N2CCn3nc4c(c3C2=O)CN(C(=O)c2ccc(Cl)c(Cl)c2)[C@H](C)C4)no1. The van der Waals surface area contributed by atoms with Gasteiger partial charge in [0.15, 0.2) is 5.82 Å². The van der Waals surface area contributed by atoms with Crippen molar-refractivity contribution >= 4 is 35.0 Å². The van der Waals surface area contributed by atoms with E-state index in [1.807, 2.05) is 13.8 Å². The Morgan fingerprint density at radius 2 is 2.03 bits per heavy atom. The highest BCUT2D eigenvalue weighted by molar-refractivity contribution is 6.42. The Kier molecular flexibility index (Phi) is 5.41. The zero-order valence-corrected chi connectivity index (χ0v) is 19.9. The van der Waals surface area contributed by atoms with Crippen LogP contribution in [0.1, 0.15) is 63.7 Å². The number of carbonyl (C=O) groups is 2. The Morgan fingerprint density at radius 1 is 1.24 bits per heavy atom. The average Bonchev–Trinajstić information content (AvgIpc) is 3.37. The molecule has 0 N–H and O–H groups in total. The van der Waals surface area contributed by atoms with Crippen molar-refractivity contribution in [3.8, 4) is 0 Å². The molecule has 2 amide bonds. The fraction of sp³-hybridized carbons (Fsp3) is 0.409. The zero-order valence-electron chi connectivity index (χ0n) is 18.4. The highest BCUT2D eigenvalue weighted by Gasteiger charge is 2.39. The van der Waals surface area contributed by atoms with Gasteiger partial charge in [0.25, 0.3) is 11.8 Å². The zero-order chi connectivity index (χ0) is 23.4. The van der Waals surface area contributed by atoms with Gasteiger partial charge in [-0.15, -0.1) is 0 Å². The number of hydrogen-bond donors (Lipinski definition) is 0. The van der Waals surface area contributed by atoms with E-state index in [9.17, 15) is 9.59 Å². The molecule has 0 fully saturated rings. The van der Waals surface area contributed by atoms with E-state index in [0.29, 0.717) is 59.1 Å². The molecule has 0 saturated carbocycles. The fourth-order valence-electron chi connectivity index (χ4n) is 4.50. The molecule has 0 radical (unpaired) electrons. The van der Waals surface area contributed by atoms with Crippen molar-refractivity contribution in [1.82, 2.24) is 29.7 Å². The first-order valence-corrected chi connectivity index (χ1v) is 11.5. The Labute approximate surface area is 200 Å². The first-order valence-electron chi connectivity index (χ1n) is 10.7. The number of aromatic nitrogens is 4. The van der Waals surface area contributed by atoms with Gasteiger partial charge >= 0.3 is 0 Å². The number of halogens is 2. The maximum atomic E-state index is 13.5. The Morgan fingerprint density at radius 3 is 2.73 bits per heavy atom. The smallest absolute Gasteiger partial charge is 0.273 e. The highest BCUT2D eigenvalue weighted by Crippen LogP contribution is 2.32. The van der Waals surface area contributed by atoms with E-state index < -0.39 is 0 Å². The van der Waals surface area contributed by atoms with Gasteiger partial charge in [-0.25, -0.2) is 0 Å². The molecule has 0 saturated heterocycles. The summed E-state index contributed by atoms with van der Waals surface area (Å²) in [6.07, 6.45) is 0.565. The van der Waals surface area contributed by atoms with Crippen LogP contribution in [0.3, 0.4) is 0 Å². The summed E-state index contributed by atoms with van der Waals surface area (Å²) in [6, 6.07) is 4.42. The van der Waals surface area contributed by atoms with Gasteiger partial charge in [0.1, 0.15) is 5.69 Å². The van der Waals surface area contributed by atoms with Gasteiger partial charge in [0, 0.05) is 37.1 Å². The predicted octanol–water partition coefficient (Wildman–Crippen LogP) is 3.69. The summed E-state index contributed by atoms with van der Waals surface area (Å²) in [5, 5.41) is 9.39. The van der Waals surface area contributed by atoms with Gasteiger partial charge in [-0.1, -0.05) is 28.4 Å². The molecular weight excluding hydrogens is 467 g/mol. The van der Waals surface area contributed by atoms with Crippen molar-refractivity contribution in [3.63, 3.8) is 0 Å². The number of benzene rings is 1. The lowest BCUT2D eigenvalue weighted by Crippen LogP contribution is -2.45. The molecule has 9 nitrogen and oxygen atoms in total. The van der Waals surface area contributed by atoms with Crippen LogP contribution in [-0.2, 0) is 19.5 Å². The molecule has 1 unspecified atom stereocenters. The summed E-state index contributed by atoms with van der Waals surface area (Å²) >= 11 is 12.1. The third-order valence-electron chi connectivity index (χ3n) is 6.31. The summed E-state index contributed by atoms with van der Waals surface area (Å²) in [6.45, 7) is 6.91. The molecule has 0 aliphatic carbocycles. The minimum atomic E-state index is -0.342. The quantitative estimate of drug-likeness (QED) is 0.557. The summed E-state index contributed by atoms with van der Waals surface area (Å²) in [5.41, 5.74) is 2.61. The van der Waals surface area contributed by atoms with Crippen molar-refractivity contribution in [2.45, 2.75) is 52.4 Å². The number of nitrogens with zero attached hydrogens (tertiary/aromatic N) is 6. The van der Waals surface area contributed by atoms with Crippen LogP contribution in [0.2, 0.25) is 10.0 Å². The Balaban J connectivity index is 1.45. The second kappa shape index (κ2) is 8.14. The van der Waals surface area contributed by atoms with E-state index in [0.717, 1.165) is 11.3 Å². The average molecular weight is 489 g/mol. The van der Waals surface area contributed by atoms with Crippen LogP contribution in [0.25, 0.3) is 0 Å². The maximum Gasteiger partial charge on any atom is 0.273 e. The van der Waals surface area contributed by atoms with E-state index in [-0.39, 0.29) is 23.9 Å². The molecule has 5 rings (SSSR count). The second-order valence-corrected chi connectivity index (χ2v) is 9.27. The van der Waals surface area contributed by atoms with Crippen molar-refractivity contribution in [2.24, 2.45) is 0 Å². The summed E-state index contributed by atoms with van der Waals surface area (Å²) < 4.78 is 6.85. The molecule has 3 aromatic rings. The fourth-order valence-corrected chi connectivity index (χ4v) is 4.79. The summed E-state index contributed by atoms with van der Waals surface area (Å²) in [7, 11) is 0. The Hall–Kier alpha value is -2.91. The molecule has 0 spiro atoms. The van der Waals surface area contributed by atoms with Crippen LogP contribution in [0.4, 0.5) is 0 Å². The third kappa shape index (κ3) is 3.69. The molecule has 2 aliphatic rings. The number of hydrogen-bond acceptors (Lipinski definition) is 6. The van der Waals surface area contributed by atoms with Gasteiger partial charge in [-0.3, -0.25) is 14.3 Å². The molecule has 0 bridgehead atoms. The number of fused-ring (bicyclic) bond motifs is 3. The topological polar surface area (TPSA) is 97.4 Å². The van der Waals surface area contributed by atoms with E-state index >= 15 is 0 Å². The molecule has 33 heavy (non-hydrogen) atoms. The standard InChI is InChI=1S/C22H22Cl2N6O3/c1-11-8-18-15(10-29(11)21(31)14-4-5-16(23)17(24)9-14)19-22(32)28(6-7-30(19)26-18)12(2)20-25-13(3)33-27-20/h4-5,9,11-12H,6-8,10H2,1-3H3/t11-,12?/m1/s1. The van der Waals surface area contributed by atoms with E-state index in [4.69, 9.17) is 32.8 Å². The monoisotopic (exact) mass is 488 g/mol. The normalized spacial score (nSPS) is 18.8. The van der Waals surface area contributed by atoms with Gasteiger partial charge in [-0.05, 0) is 32.0 Å². The third-order valence-corrected chi connectivity index (χ3v) is 7.05. The maximum absolute atomic E-state index is 13.5. The summed E-state index contributed by atoms with van der Waals surface area (Å²) in [4.78, 5) is 34.6. The number of rotatable bonds is 3. The molecule has 2 atom stereocenters. The lowest BCUT2D eigenvalue weighted by atomic mass is 9.97. The van der Waals surface area contributed by atoms with Gasteiger partial charge in [0.2, 0.25) is 5.89 Å². The van der Waals surface area contributed by atoms with Crippen LogP contribution in [0.5, 0.6) is 0 Å². The molecule has 4 heterocycles. The molecular formula is C22H22Cl2N6O3. The number of aryl methyl sites for hydroxylation is 1. The predicted molar refractivity (Wildman–Crippen MR) is 120 cm³/mol. The van der Waals surface area contributed by atoms with Crippen LogP contribution >= 0.6 is 23.2 Å². The lowest BCUT2D eigenvalue weighted by molar-refractivity contribution is 0.0597. The minimum absolute atomic E-state index is 0.0798. The largest absolute Gasteiger partial charge is 0.340 e. The number of amides is 2. The van der Waals surface area contributed by atoms with Crippen molar-refractivity contribution in [2.75, 3.05) is 6.54 Å². The summed E-state index contributed by atoms with van der Waals surface area (Å²) in [5.74, 6) is 0.603. The van der Waals surface area contributed by atoms with Gasteiger partial charge < -0.3 is 14.3 Å². The van der Waals surface area contributed by atoms with Gasteiger partial charge in [-0.2, -0.15) is 10.1 Å². The molecule has 2 aromatic heterocycles. The van der Waals surface area contributed by atoms with E-state index in [1.165, 1.54) is 0 Å². The van der Waals surface area contributed by atoms with Crippen LogP contribution in [0, 0.1) is 6.92 Å². The lowest BCUT2D eigenvalue weighted by Gasteiger charge is -2.35. The van der Waals surface area contributed by atoms with Crippen molar-refractivity contribution in [3.05, 3.63) is 62.5 Å². The van der Waals surface area contributed by atoms with Crippen LogP contribution < -0.4 is 0 Å². The highest BCUT2D eigenvalue weighted by atomic mass is 35.5. The molecule has 172 valence electrons. The molecule has 2 aliphatic heterocycles. The molecule has 1 aromatic carbocycles. The van der Waals surface area contributed by atoms with Crippen molar-refractivity contribution < 1.29 is 14.1 Å². The first-order chi connectivity index (χ1) is 15.7. The van der Waals surface area contributed by atoms with Crippen LogP contribution in [-0.4, -0.2) is 54.1 Å². The molecule has 11 heteroatoms. The van der Waals surface area contributed by atoms with Crippen LogP contribution in [0.15, 0.2) is 22.7 Å². The Bertz CT molecular complexity index is 1270. The number of carbonyl (C=O) groups excluding carboxylic acids is 2. The van der Waals surface area contributed by atoms with E-state index in [1.54, 1.807) is 39.6 Å².